The highest BCUT2D eigenvalue weighted by Gasteiger charge is 2.07. The second-order valence-electron chi connectivity index (χ2n) is 6.73. The maximum absolute atomic E-state index is 12.3. The van der Waals surface area contributed by atoms with Crippen LogP contribution in [0.5, 0.6) is 0 Å². The molecule has 4 nitrogen and oxygen atoms in total. The van der Waals surface area contributed by atoms with Crippen LogP contribution in [0.15, 0.2) is 85.1 Å². The topological polar surface area (TPSA) is 54.0 Å². The Bertz CT molecular complexity index is 1110. The monoisotopic (exact) mass is 367 g/mol. The number of fused-ring (bicyclic) bond motifs is 1. The van der Waals surface area contributed by atoms with Crippen LogP contribution in [0.4, 0.5) is 17.1 Å². The van der Waals surface area contributed by atoms with Gasteiger partial charge in [0.2, 0.25) is 5.91 Å². The largest absolute Gasteiger partial charge is 0.354 e. The summed E-state index contributed by atoms with van der Waals surface area (Å²) in [6.07, 6.45) is 2.16. The fourth-order valence-corrected chi connectivity index (χ4v) is 3.18. The fourth-order valence-electron chi connectivity index (χ4n) is 3.18. The summed E-state index contributed by atoms with van der Waals surface area (Å²) in [6.45, 7) is 2.02. The SMILES string of the molecule is Cc1ccccc1CC(=O)Nc1ccc(Nc2cccc3cccnc23)cc1. The molecule has 0 aliphatic carbocycles. The Balaban J connectivity index is 1.44. The van der Waals surface area contributed by atoms with E-state index in [-0.39, 0.29) is 5.91 Å². The van der Waals surface area contributed by atoms with Gasteiger partial charge in [-0.25, -0.2) is 0 Å². The summed E-state index contributed by atoms with van der Waals surface area (Å²) in [4.78, 5) is 16.8. The van der Waals surface area contributed by atoms with Crippen molar-refractivity contribution in [1.29, 1.82) is 0 Å². The number of carbonyl (C=O) groups excluding carboxylic acids is 1. The lowest BCUT2D eigenvalue weighted by Gasteiger charge is -2.11. The van der Waals surface area contributed by atoms with Crippen LogP contribution in [0.2, 0.25) is 0 Å². The Morgan fingerprint density at radius 2 is 1.61 bits per heavy atom. The van der Waals surface area contributed by atoms with E-state index in [1.54, 1.807) is 6.20 Å². The van der Waals surface area contributed by atoms with Gasteiger partial charge in [-0.3, -0.25) is 9.78 Å². The molecule has 4 heteroatoms. The number of hydrogen-bond donors (Lipinski definition) is 2. The standard InChI is InChI=1S/C24H21N3O/c1-17-6-2-3-7-19(17)16-23(28)27-21-13-11-20(12-14-21)26-22-10-4-8-18-9-5-15-25-24(18)22/h2-15,26H,16H2,1H3,(H,27,28). The summed E-state index contributed by atoms with van der Waals surface area (Å²) >= 11 is 0. The molecular weight excluding hydrogens is 346 g/mol. The maximum Gasteiger partial charge on any atom is 0.228 e. The molecule has 0 aliphatic heterocycles. The molecule has 0 spiro atoms. The van der Waals surface area contributed by atoms with Crippen molar-refractivity contribution in [2.45, 2.75) is 13.3 Å². The zero-order valence-corrected chi connectivity index (χ0v) is 15.6. The molecule has 2 N–H and O–H groups in total. The predicted molar refractivity (Wildman–Crippen MR) is 115 cm³/mol. The number of nitrogens with zero attached hydrogens (tertiary/aromatic N) is 1. The molecule has 0 fully saturated rings. The van der Waals surface area contributed by atoms with Crippen molar-refractivity contribution < 1.29 is 4.79 Å². The molecule has 0 atom stereocenters. The molecule has 4 rings (SSSR count). The zero-order valence-electron chi connectivity index (χ0n) is 15.6. The van der Waals surface area contributed by atoms with E-state index < -0.39 is 0 Å². The lowest BCUT2D eigenvalue weighted by atomic mass is 10.1. The number of aromatic nitrogens is 1. The van der Waals surface area contributed by atoms with Gasteiger partial charge < -0.3 is 10.6 Å². The quantitative estimate of drug-likeness (QED) is 0.492. The van der Waals surface area contributed by atoms with Crippen LogP contribution in [-0.4, -0.2) is 10.9 Å². The van der Waals surface area contributed by atoms with E-state index in [0.29, 0.717) is 6.42 Å². The summed E-state index contributed by atoms with van der Waals surface area (Å²) in [7, 11) is 0. The van der Waals surface area contributed by atoms with Crippen molar-refractivity contribution in [3.63, 3.8) is 0 Å². The van der Waals surface area contributed by atoms with Gasteiger partial charge in [0.05, 0.1) is 17.6 Å². The second kappa shape index (κ2) is 7.92. The smallest absolute Gasteiger partial charge is 0.228 e. The van der Waals surface area contributed by atoms with Gasteiger partial charge in [0, 0.05) is 23.0 Å². The first kappa shape index (κ1) is 17.7. The molecule has 0 saturated carbocycles. The van der Waals surface area contributed by atoms with Crippen LogP contribution in [0.1, 0.15) is 11.1 Å². The van der Waals surface area contributed by atoms with E-state index in [4.69, 9.17) is 0 Å². The minimum atomic E-state index is -0.0201. The van der Waals surface area contributed by atoms with E-state index >= 15 is 0 Å². The second-order valence-corrected chi connectivity index (χ2v) is 6.73. The summed E-state index contributed by atoms with van der Waals surface area (Å²) in [5.41, 5.74) is 5.77. The third-order valence-electron chi connectivity index (χ3n) is 4.69. The van der Waals surface area contributed by atoms with E-state index in [1.165, 1.54) is 0 Å². The van der Waals surface area contributed by atoms with E-state index in [0.717, 1.165) is 39.1 Å². The number of para-hydroxylation sites is 1. The highest BCUT2D eigenvalue weighted by atomic mass is 16.1. The van der Waals surface area contributed by atoms with E-state index in [2.05, 4.69) is 15.6 Å². The van der Waals surface area contributed by atoms with Crippen molar-refractivity contribution in [1.82, 2.24) is 4.98 Å². The van der Waals surface area contributed by atoms with Gasteiger partial charge >= 0.3 is 0 Å². The number of hydrogen-bond acceptors (Lipinski definition) is 3. The molecular formula is C24H21N3O. The highest BCUT2D eigenvalue weighted by Crippen LogP contribution is 2.25. The molecule has 4 aromatic rings. The fraction of sp³-hybridized carbons (Fsp3) is 0.0833. The lowest BCUT2D eigenvalue weighted by molar-refractivity contribution is -0.115. The van der Waals surface area contributed by atoms with Crippen molar-refractivity contribution in [3.05, 3.63) is 96.2 Å². The Kier molecular flexibility index (Phi) is 5.02. The van der Waals surface area contributed by atoms with Crippen molar-refractivity contribution in [2.24, 2.45) is 0 Å². The third kappa shape index (κ3) is 4.01. The lowest BCUT2D eigenvalue weighted by Crippen LogP contribution is -2.14. The third-order valence-corrected chi connectivity index (χ3v) is 4.69. The van der Waals surface area contributed by atoms with E-state index in [9.17, 15) is 4.79 Å². The van der Waals surface area contributed by atoms with Crippen molar-refractivity contribution in [3.8, 4) is 0 Å². The van der Waals surface area contributed by atoms with E-state index in [1.807, 2.05) is 85.8 Å². The van der Waals surface area contributed by atoms with Crippen LogP contribution in [-0.2, 0) is 11.2 Å². The first-order chi connectivity index (χ1) is 13.7. The van der Waals surface area contributed by atoms with Gasteiger partial charge in [-0.15, -0.1) is 0 Å². The summed E-state index contributed by atoms with van der Waals surface area (Å²) in [5, 5.41) is 7.45. The van der Waals surface area contributed by atoms with Gasteiger partial charge in [0.25, 0.3) is 0 Å². The molecule has 0 unspecified atom stereocenters. The molecule has 28 heavy (non-hydrogen) atoms. The summed E-state index contributed by atoms with van der Waals surface area (Å²) < 4.78 is 0. The van der Waals surface area contributed by atoms with Crippen LogP contribution >= 0.6 is 0 Å². The normalized spacial score (nSPS) is 10.6. The number of benzene rings is 3. The number of anilines is 3. The Morgan fingerprint density at radius 1 is 0.857 bits per heavy atom. The average molecular weight is 367 g/mol. The van der Waals surface area contributed by atoms with Crippen LogP contribution in [0.25, 0.3) is 10.9 Å². The van der Waals surface area contributed by atoms with Gasteiger partial charge in [-0.2, -0.15) is 0 Å². The highest BCUT2D eigenvalue weighted by molar-refractivity contribution is 5.93. The first-order valence-electron chi connectivity index (χ1n) is 9.24. The molecule has 1 heterocycles. The Labute approximate surface area is 164 Å². The Morgan fingerprint density at radius 3 is 2.43 bits per heavy atom. The molecule has 0 saturated heterocycles. The van der Waals surface area contributed by atoms with Crippen LogP contribution in [0, 0.1) is 6.92 Å². The van der Waals surface area contributed by atoms with Gasteiger partial charge in [0.1, 0.15) is 0 Å². The minimum Gasteiger partial charge on any atom is -0.354 e. The zero-order chi connectivity index (χ0) is 19.3. The molecule has 0 aliphatic rings. The van der Waals surface area contributed by atoms with Gasteiger partial charge in [-0.05, 0) is 54.4 Å². The average Bonchev–Trinajstić information content (AvgIpc) is 2.71. The minimum absolute atomic E-state index is 0.0201. The van der Waals surface area contributed by atoms with Gasteiger partial charge in [0.15, 0.2) is 0 Å². The molecule has 3 aromatic carbocycles. The van der Waals surface area contributed by atoms with Crippen molar-refractivity contribution >= 4 is 33.9 Å². The molecule has 138 valence electrons. The number of amides is 1. The molecule has 1 amide bonds. The van der Waals surface area contributed by atoms with Gasteiger partial charge in [-0.1, -0.05) is 42.5 Å². The number of aryl methyl sites for hydroxylation is 1. The Hall–Kier alpha value is -3.66. The maximum atomic E-state index is 12.3. The molecule has 0 radical (unpaired) electrons. The summed E-state index contributed by atoms with van der Waals surface area (Å²) in [5.74, 6) is -0.0201. The number of nitrogens with one attached hydrogen (secondary N) is 2. The number of rotatable bonds is 5. The number of carbonyl (C=O) groups is 1. The predicted octanol–water partition coefficient (Wildman–Crippen LogP) is 5.47. The van der Waals surface area contributed by atoms with Crippen LogP contribution < -0.4 is 10.6 Å². The summed E-state index contributed by atoms with van der Waals surface area (Å²) in [6, 6.07) is 25.7. The molecule has 1 aromatic heterocycles. The molecule has 0 bridgehead atoms. The first-order valence-corrected chi connectivity index (χ1v) is 9.24. The van der Waals surface area contributed by atoms with Crippen LogP contribution in [0.3, 0.4) is 0 Å². The number of pyridine rings is 1. The van der Waals surface area contributed by atoms with Crippen molar-refractivity contribution in [2.75, 3.05) is 10.6 Å².